The van der Waals surface area contributed by atoms with E-state index in [1.54, 1.807) is 6.92 Å². The Bertz CT molecular complexity index is 374. The summed E-state index contributed by atoms with van der Waals surface area (Å²) in [6.45, 7) is 4.86. The van der Waals surface area contributed by atoms with Crippen molar-refractivity contribution in [1.29, 1.82) is 5.41 Å². The van der Waals surface area contributed by atoms with E-state index in [9.17, 15) is 8.42 Å². The third-order valence-electron chi connectivity index (χ3n) is 3.43. The topological polar surface area (TPSA) is 90.5 Å². The van der Waals surface area contributed by atoms with Gasteiger partial charge in [0.05, 0.1) is 6.04 Å². The van der Waals surface area contributed by atoms with E-state index in [1.807, 2.05) is 0 Å². The highest BCUT2D eigenvalue weighted by molar-refractivity contribution is 7.86. The molecule has 0 aromatic rings. The number of nitrogens with two attached hydrogens (primary N) is 1. The molecular weight excluding hydrogens is 240 g/mol. The lowest BCUT2D eigenvalue weighted by molar-refractivity contribution is 0.268. The first-order chi connectivity index (χ1) is 7.76. The van der Waals surface area contributed by atoms with E-state index in [1.165, 1.54) is 15.7 Å². The van der Waals surface area contributed by atoms with Gasteiger partial charge in [0, 0.05) is 20.1 Å². The molecule has 17 heavy (non-hydrogen) atoms. The van der Waals surface area contributed by atoms with Gasteiger partial charge in [-0.1, -0.05) is 6.92 Å². The van der Waals surface area contributed by atoms with Gasteiger partial charge in [0.2, 0.25) is 0 Å². The molecule has 100 valence electrons. The van der Waals surface area contributed by atoms with Crippen molar-refractivity contribution < 1.29 is 8.42 Å². The summed E-state index contributed by atoms with van der Waals surface area (Å²) in [6.07, 6.45) is 1.78. The average Bonchev–Trinajstić information content (AvgIpc) is 2.27. The molecule has 1 unspecified atom stereocenters. The molecule has 0 amide bonds. The number of likely N-dealkylation sites (N-methyl/N-ethyl adjacent to an activating group) is 1. The average molecular weight is 262 g/mol. The Hall–Kier alpha value is -0.660. The first-order valence-electron chi connectivity index (χ1n) is 5.83. The Labute approximate surface area is 103 Å². The van der Waals surface area contributed by atoms with Crippen LogP contribution in [0, 0.1) is 11.3 Å². The minimum absolute atomic E-state index is 0.138. The predicted octanol–water partition coefficient (Wildman–Crippen LogP) is 0.219. The van der Waals surface area contributed by atoms with Gasteiger partial charge >= 0.3 is 0 Å². The van der Waals surface area contributed by atoms with Crippen LogP contribution in [0.5, 0.6) is 0 Å². The molecule has 1 aliphatic rings. The summed E-state index contributed by atoms with van der Waals surface area (Å²) in [6, 6.07) is -0.598. The zero-order valence-electron chi connectivity index (χ0n) is 10.7. The van der Waals surface area contributed by atoms with Crippen molar-refractivity contribution >= 4 is 16.0 Å². The van der Waals surface area contributed by atoms with E-state index in [-0.39, 0.29) is 5.84 Å². The van der Waals surface area contributed by atoms with Gasteiger partial charge in [-0.2, -0.15) is 17.0 Å². The van der Waals surface area contributed by atoms with Gasteiger partial charge in [-0.15, -0.1) is 0 Å². The Balaban J connectivity index is 2.77. The van der Waals surface area contributed by atoms with Crippen LogP contribution in [-0.4, -0.2) is 49.0 Å². The maximum absolute atomic E-state index is 12.2. The Morgan fingerprint density at radius 1 is 1.47 bits per heavy atom. The first kappa shape index (κ1) is 14.4. The summed E-state index contributed by atoms with van der Waals surface area (Å²) >= 11 is 0. The highest BCUT2D eigenvalue weighted by atomic mass is 32.2. The largest absolute Gasteiger partial charge is 0.386 e. The van der Waals surface area contributed by atoms with Gasteiger partial charge in [-0.05, 0) is 25.7 Å². The molecule has 0 aromatic heterocycles. The Morgan fingerprint density at radius 3 is 2.35 bits per heavy atom. The van der Waals surface area contributed by atoms with Crippen LogP contribution >= 0.6 is 0 Å². The molecule has 7 heteroatoms. The number of hydrogen-bond donors (Lipinski definition) is 2. The van der Waals surface area contributed by atoms with Crippen molar-refractivity contribution in [2.24, 2.45) is 11.7 Å². The lowest BCUT2D eigenvalue weighted by Gasteiger charge is -2.34. The second-order valence-corrected chi connectivity index (χ2v) is 6.72. The molecule has 1 atom stereocenters. The minimum atomic E-state index is -3.48. The van der Waals surface area contributed by atoms with Gasteiger partial charge in [-0.3, -0.25) is 5.41 Å². The first-order valence-corrected chi connectivity index (χ1v) is 7.23. The van der Waals surface area contributed by atoms with Crippen molar-refractivity contribution in [3.05, 3.63) is 0 Å². The molecule has 1 saturated heterocycles. The van der Waals surface area contributed by atoms with Crippen LogP contribution in [0.2, 0.25) is 0 Å². The van der Waals surface area contributed by atoms with Crippen molar-refractivity contribution in [1.82, 2.24) is 8.61 Å². The number of hydrogen-bond acceptors (Lipinski definition) is 3. The number of piperidine rings is 1. The highest BCUT2D eigenvalue weighted by Crippen LogP contribution is 2.20. The fourth-order valence-corrected chi connectivity index (χ4v) is 3.34. The smallest absolute Gasteiger partial charge is 0.282 e. The Kier molecular flexibility index (Phi) is 4.51. The molecule has 0 aliphatic carbocycles. The molecule has 0 saturated carbocycles. The van der Waals surface area contributed by atoms with Crippen LogP contribution in [0.15, 0.2) is 0 Å². The molecule has 1 heterocycles. The van der Waals surface area contributed by atoms with Gasteiger partial charge in [0.25, 0.3) is 10.2 Å². The summed E-state index contributed by atoms with van der Waals surface area (Å²) < 4.78 is 27.1. The van der Waals surface area contributed by atoms with Crippen LogP contribution in [0.1, 0.15) is 26.7 Å². The van der Waals surface area contributed by atoms with E-state index >= 15 is 0 Å². The van der Waals surface area contributed by atoms with Gasteiger partial charge in [0.15, 0.2) is 0 Å². The van der Waals surface area contributed by atoms with Crippen molar-refractivity contribution in [3.63, 3.8) is 0 Å². The van der Waals surface area contributed by atoms with Crippen molar-refractivity contribution in [3.8, 4) is 0 Å². The van der Waals surface area contributed by atoms with Crippen LogP contribution < -0.4 is 5.73 Å². The molecule has 0 aromatic carbocycles. The molecule has 1 aliphatic heterocycles. The molecule has 0 radical (unpaired) electrons. The minimum Gasteiger partial charge on any atom is -0.386 e. The van der Waals surface area contributed by atoms with E-state index < -0.39 is 16.3 Å². The molecular formula is C10H22N4O2S. The molecule has 1 rings (SSSR count). The lowest BCUT2D eigenvalue weighted by atomic mass is 10.0. The normalized spacial score (nSPS) is 21.6. The quantitative estimate of drug-likeness (QED) is 0.561. The molecule has 1 fully saturated rings. The summed E-state index contributed by atoms with van der Waals surface area (Å²) in [5, 5.41) is 7.31. The highest BCUT2D eigenvalue weighted by Gasteiger charge is 2.33. The number of amidine groups is 1. The fourth-order valence-electron chi connectivity index (χ4n) is 1.79. The number of nitrogens with one attached hydrogen (secondary N) is 1. The summed E-state index contributed by atoms with van der Waals surface area (Å²) in [5.74, 6) is 0.443. The van der Waals surface area contributed by atoms with E-state index in [0.29, 0.717) is 19.0 Å². The van der Waals surface area contributed by atoms with Crippen LogP contribution in [0.4, 0.5) is 0 Å². The van der Waals surface area contributed by atoms with E-state index in [2.05, 4.69) is 6.92 Å². The molecule has 0 bridgehead atoms. The van der Waals surface area contributed by atoms with Crippen LogP contribution in [-0.2, 0) is 10.2 Å². The molecule has 3 N–H and O–H groups in total. The van der Waals surface area contributed by atoms with Crippen LogP contribution in [0.25, 0.3) is 0 Å². The predicted molar refractivity (Wildman–Crippen MR) is 68.0 cm³/mol. The van der Waals surface area contributed by atoms with Crippen molar-refractivity contribution in [2.45, 2.75) is 32.7 Å². The van der Waals surface area contributed by atoms with Gasteiger partial charge < -0.3 is 5.73 Å². The second kappa shape index (κ2) is 5.32. The second-order valence-electron chi connectivity index (χ2n) is 4.74. The summed E-state index contributed by atoms with van der Waals surface area (Å²) in [7, 11) is -2.01. The SMILES string of the molecule is CC1CCN(S(=O)(=O)N(C)C(C)C(=N)N)CC1. The zero-order chi connectivity index (χ0) is 13.2. The van der Waals surface area contributed by atoms with Crippen LogP contribution in [0.3, 0.4) is 0 Å². The molecule has 6 nitrogen and oxygen atoms in total. The Morgan fingerprint density at radius 2 is 1.94 bits per heavy atom. The summed E-state index contributed by atoms with van der Waals surface area (Å²) in [4.78, 5) is 0. The van der Waals surface area contributed by atoms with Gasteiger partial charge in [0.1, 0.15) is 5.84 Å². The third kappa shape index (κ3) is 3.17. The zero-order valence-corrected chi connectivity index (χ0v) is 11.5. The maximum Gasteiger partial charge on any atom is 0.282 e. The number of nitrogens with zero attached hydrogens (tertiary/aromatic N) is 2. The summed E-state index contributed by atoms with van der Waals surface area (Å²) in [5.41, 5.74) is 5.34. The maximum atomic E-state index is 12.2. The monoisotopic (exact) mass is 262 g/mol. The van der Waals surface area contributed by atoms with Crippen molar-refractivity contribution in [2.75, 3.05) is 20.1 Å². The fraction of sp³-hybridized carbons (Fsp3) is 0.900. The number of rotatable bonds is 4. The third-order valence-corrected chi connectivity index (χ3v) is 5.49. The standard InChI is InChI=1S/C10H22N4O2S/c1-8-4-6-14(7-5-8)17(15,16)13(3)9(2)10(11)12/h8-9H,4-7H2,1-3H3,(H3,11,12). The lowest BCUT2D eigenvalue weighted by Crippen LogP contribution is -2.51. The van der Waals surface area contributed by atoms with E-state index in [4.69, 9.17) is 11.1 Å². The molecule has 0 spiro atoms. The van der Waals surface area contributed by atoms with Gasteiger partial charge in [-0.25, -0.2) is 0 Å². The van der Waals surface area contributed by atoms with E-state index in [0.717, 1.165) is 12.8 Å².